The van der Waals surface area contributed by atoms with Crippen LogP contribution in [0.25, 0.3) is 0 Å². The van der Waals surface area contributed by atoms with Crippen molar-refractivity contribution in [3.63, 3.8) is 0 Å². The number of halogens is 1. The van der Waals surface area contributed by atoms with Crippen LogP contribution in [0.3, 0.4) is 0 Å². The predicted octanol–water partition coefficient (Wildman–Crippen LogP) is 2.29. The van der Waals surface area contributed by atoms with E-state index in [0.29, 0.717) is 0 Å². The summed E-state index contributed by atoms with van der Waals surface area (Å²) >= 11 is 0. The van der Waals surface area contributed by atoms with Crippen molar-refractivity contribution in [3.05, 3.63) is 35.4 Å². The minimum Gasteiger partial charge on any atom is -0.468 e. The predicted molar refractivity (Wildman–Crippen MR) is 65.9 cm³/mol. The largest absolute Gasteiger partial charge is 0.468 e. The van der Waals surface area contributed by atoms with Crippen LogP contribution in [0.1, 0.15) is 22.8 Å². The number of methoxy groups -OCH3 is 1. The smallest absolute Gasteiger partial charge is 0.323 e. The summed E-state index contributed by atoms with van der Waals surface area (Å²) in [5, 5.41) is 8.94. The minimum absolute atomic E-state index is 0.196. The molecule has 2 unspecified atom stereocenters. The molecular formula is C14H14FNO3. The number of rotatable bonds is 5. The second-order valence-corrected chi connectivity index (χ2v) is 4.07. The van der Waals surface area contributed by atoms with Gasteiger partial charge < -0.3 is 4.74 Å². The van der Waals surface area contributed by atoms with Crippen LogP contribution in [0.2, 0.25) is 0 Å². The number of alkyl halides is 1. The molecule has 0 radical (unpaired) electrons. The molecule has 0 aliphatic heterocycles. The second kappa shape index (κ2) is 6.64. The maximum atomic E-state index is 12.8. The van der Waals surface area contributed by atoms with Gasteiger partial charge >= 0.3 is 5.97 Å². The van der Waals surface area contributed by atoms with Crippen LogP contribution in [0.5, 0.6) is 0 Å². The highest BCUT2D eigenvalue weighted by atomic mass is 19.1. The molecule has 0 fully saturated rings. The van der Waals surface area contributed by atoms with E-state index in [1.54, 1.807) is 18.2 Å². The molecule has 4 nitrogen and oxygen atoms in total. The molecule has 0 N–H and O–H groups in total. The van der Waals surface area contributed by atoms with Crippen molar-refractivity contribution in [3.8, 4) is 6.07 Å². The normalized spacial score (nSPS) is 13.2. The van der Waals surface area contributed by atoms with Crippen molar-refractivity contribution >= 4 is 11.8 Å². The summed E-state index contributed by atoms with van der Waals surface area (Å²) in [6, 6.07) is 7.97. The lowest BCUT2D eigenvalue weighted by Gasteiger charge is -2.15. The third kappa shape index (κ3) is 3.16. The van der Waals surface area contributed by atoms with Crippen LogP contribution in [-0.2, 0) is 16.2 Å². The number of Topliss-reactive ketones (excluding diaryl/α,β-unsaturated/α-hetero) is 1. The fraction of sp³-hybridized carbons (Fsp3) is 0.357. The number of esters is 1. The van der Waals surface area contributed by atoms with E-state index in [4.69, 9.17) is 5.26 Å². The number of benzene rings is 1. The van der Waals surface area contributed by atoms with Crippen LogP contribution < -0.4 is 0 Å². The number of carbonyl (C=O) groups excluding carboxylic acids is 2. The van der Waals surface area contributed by atoms with Crippen molar-refractivity contribution in [2.45, 2.75) is 13.6 Å². The highest BCUT2D eigenvalue weighted by Crippen LogP contribution is 2.21. The summed E-state index contributed by atoms with van der Waals surface area (Å²) in [7, 11) is 1.15. The number of ketones is 1. The molecular weight excluding hydrogens is 249 g/mol. The molecule has 19 heavy (non-hydrogen) atoms. The van der Waals surface area contributed by atoms with E-state index in [0.717, 1.165) is 7.11 Å². The molecule has 0 aliphatic rings. The molecule has 0 aromatic heterocycles. The summed E-state index contributed by atoms with van der Waals surface area (Å²) in [6.07, 6.45) is 0. The lowest BCUT2D eigenvalue weighted by molar-refractivity contribution is -0.144. The summed E-state index contributed by atoms with van der Waals surface area (Å²) in [5.74, 6) is -3.28. The van der Waals surface area contributed by atoms with E-state index in [-0.39, 0.29) is 11.1 Å². The standard InChI is InChI=1S/C14H14FNO3/c1-9(12(8-16)14(18)19-2)13(17)11-6-4-3-5-10(11)7-15/h3-6,9,12H,7H2,1-2H3. The summed E-state index contributed by atoms with van der Waals surface area (Å²) in [4.78, 5) is 23.6. The minimum atomic E-state index is -1.19. The van der Waals surface area contributed by atoms with Gasteiger partial charge in [-0.05, 0) is 5.56 Å². The number of nitrogens with zero attached hydrogens (tertiary/aromatic N) is 1. The van der Waals surface area contributed by atoms with Gasteiger partial charge in [0.15, 0.2) is 11.7 Å². The number of carbonyl (C=O) groups is 2. The maximum absolute atomic E-state index is 12.8. The van der Waals surface area contributed by atoms with Crippen LogP contribution in [0.4, 0.5) is 4.39 Å². The molecule has 0 aliphatic carbocycles. The molecule has 0 saturated carbocycles. The molecule has 2 atom stereocenters. The van der Waals surface area contributed by atoms with Crippen molar-refractivity contribution in [1.82, 2.24) is 0 Å². The van der Waals surface area contributed by atoms with Crippen molar-refractivity contribution in [2.75, 3.05) is 7.11 Å². The second-order valence-electron chi connectivity index (χ2n) is 4.07. The first kappa shape index (κ1) is 14.8. The van der Waals surface area contributed by atoms with Gasteiger partial charge in [0.05, 0.1) is 13.2 Å². The number of hydrogen-bond donors (Lipinski definition) is 0. The zero-order valence-corrected chi connectivity index (χ0v) is 10.7. The van der Waals surface area contributed by atoms with Gasteiger partial charge in [-0.1, -0.05) is 31.2 Å². The first-order valence-electron chi connectivity index (χ1n) is 5.72. The Hall–Kier alpha value is -2.22. The lowest BCUT2D eigenvalue weighted by atomic mass is 9.86. The first-order chi connectivity index (χ1) is 9.06. The molecule has 1 rings (SSSR count). The third-order valence-corrected chi connectivity index (χ3v) is 2.93. The Balaban J connectivity index is 3.06. The fourth-order valence-electron chi connectivity index (χ4n) is 1.77. The highest BCUT2D eigenvalue weighted by molar-refractivity contribution is 6.01. The molecule has 1 aromatic carbocycles. The average molecular weight is 263 g/mol. The van der Waals surface area contributed by atoms with Crippen molar-refractivity contribution in [2.24, 2.45) is 11.8 Å². The average Bonchev–Trinajstić information content (AvgIpc) is 2.46. The molecule has 1 aromatic rings. The van der Waals surface area contributed by atoms with Crippen LogP contribution in [0.15, 0.2) is 24.3 Å². The van der Waals surface area contributed by atoms with Gasteiger partial charge in [-0.15, -0.1) is 0 Å². The molecule has 5 heteroatoms. The monoisotopic (exact) mass is 263 g/mol. The Morgan fingerprint density at radius 2 is 2.05 bits per heavy atom. The summed E-state index contributed by atoms with van der Waals surface area (Å²) in [6.45, 7) is 0.687. The van der Waals surface area contributed by atoms with Crippen molar-refractivity contribution < 1.29 is 18.7 Å². The van der Waals surface area contributed by atoms with E-state index in [1.807, 2.05) is 0 Å². The van der Waals surface area contributed by atoms with Gasteiger partial charge in [0.1, 0.15) is 6.67 Å². The zero-order valence-electron chi connectivity index (χ0n) is 10.7. The van der Waals surface area contributed by atoms with E-state index >= 15 is 0 Å². The zero-order chi connectivity index (χ0) is 14.4. The fourth-order valence-corrected chi connectivity index (χ4v) is 1.77. The molecule has 100 valence electrons. The molecule has 0 spiro atoms. The van der Waals surface area contributed by atoms with E-state index < -0.39 is 30.3 Å². The molecule has 0 saturated heterocycles. The van der Waals surface area contributed by atoms with E-state index in [2.05, 4.69) is 4.74 Å². The quantitative estimate of drug-likeness (QED) is 0.603. The van der Waals surface area contributed by atoms with Gasteiger partial charge in [-0.3, -0.25) is 9.59 Å². The summed E-state index contributed by atoms with van der Waals surface area (Å²) in [5.41, 5.74) is 0.447. The number of hydrogen-bond acceptors (Lipinski definition) is 4. The van der Waals surface area contributed by atoms with Crippen LogP contribution >= 0.6 is 0 Å². The van der Waals surface area contributed by atoms with E-state index in [9.17, 15) is 14.0 Å². The van der Waals surface area contributed by atoms with E-state index in [1.165, 1.54) is 19.1 Å². The molecule has 0 amide bonds. The Morgan fingerprint density at radius 1 is 1.42 bits per heavy atom. The SMILES string of the molecule is COC(=O)C(C#N)C(C)C(=O)c1ccccc1CF. The highest BCUT2D eigenvalue weighted by Gasteiger charge is 2.32. The Morgan fingerprint density at radius 3 is 2.58 bits per heavy atom. The Kier molecular flexibility index (Phi) is 5.19. The molecule has 0 bridgehead atoms. The topological polar surface area (TPSA) is 67.2 Å². The lowest BCUT2D eigenvalue weighted by Crippen LogP contribution is -2.28. The van der Waals surface area contributed by atoms with Gasteiger partial charge in [0, 0.05) is 11.5 Å². The summed E-state index contributed by atoms with van der Waals surface area (Å²) < 4.78 is 17.3. The maximum Gasteiger partial charge on any atom is 0.323 e. The van der Waals surface area contributed by atoms with Gasteiger partial charge in [-0.25, -0.2) is 4.39 Å². The van der Waals surface area contributed by atoms with Gasteiger partial charge in [0.25, 0.3) is 0 Å². The Bertz CT molecular complexity index is 522. The first-order valence-corrected chi connectivity index (χ1v) is 5.72. The van der Waals surface area contributed by atoms with Crippen LogP contribution in [0, 0.1) is 23.2 Å². The number of nitriles is 1. The van der Waals surface area contributed by atoms with Gasteiger partial charge in [-0.2, -0.15) is 5.26 Å². The molecule has 0 heterocycles. The van der Waals surface area contributed by atoms with Crippen LogP contribution in [-0.4, -0.2) is 18.9 Å². The van der Waals surface area contributed by atoms with Crippen molar-refractivity contribution in [1.29, 1.82) is 5.26 Å². The Labute approximate surface area is 110 Å². The third-order valence-electron chi connectivity index (χ3n) is 2.93. The van der Waals surface area contributed by atoms with Gasteiger partial charge in [0.2, 0.25) is 0 Å². The number of ether oxygens (including phenoxy) is 1.